The van der Waals surface area contributed by atoms with Crippen molar-refractivity contribution in [3.8, 4) is 11.3 Å². The summed E-state index contributed by atoms with van der Waals surface area (Å²) in [4.78, 5) is 23.7. The van der Waals surface area contributed by atoms with Crippen LogP contribution in [0.25, 0.3) is 11.3 Å². The highest BCUT2D eigenvalue weighted by Crippen LogP contribution is 2.53. The molecule has 2 fully saturated rings. The smallest absolute Gasteiger partial charge is 0.410 e. The predicted molar refractivity (Wildman–Crippen MR) is 113 cm³/mol. The van der Waals surface area contributed by atoms with Gasteiger partial charge >= 0.3 is 6.09 Å². The Balaban J connectivity index is 1.48. The Bertz CT molecular complexity index is 920. The Labute approximate surface area is 172 Å². The zero-order chi connectivity index (χ0) is 21.0. The van der Waals surface area contributed by atoms with Crippen LogP contribution in [-0.2, 0) is 11.8 Å². The van der Waals surface area contributed by atoms with E-state index in [1.54, 1.807) is 0 Å². The van der Waals surface area contributed by atoms with Crippen LogP contribution in [0.3, 0.4) is 0 Å². The predicted octanol–water partition coefficient (Wildman–Crippen LogP) is 3.91. The lowest BCUT2D eigenvalue weighted by atomic mass is 10.0. The number of pyridine rings is 1. The van der Waals surface area contributed by atoms with Crippen LogP contribution in [0.5, 0.6) is 0 Å². The van der Waals surface area contributed by atoms with E-state index < -0.39 is 5.60 Å². The average Bonchev–Trinajstić information content (AvgIpc) is 3.19. The van der Waals surface area contributed by atoms with Gasteiger partial charge in [0.2, 0.25) is 0 Å². The van der Waals surface area contributed by atoms with Crippen LogP contribution < -0.4 is 5.32 Å². The van der Waals surface area contributed by atoms with Gasteiger partial charge in [0.25, 0.3) is 0 Å². The van der Waals surface area contributed by atoms with Gasteiger partial charge in [-0.05, 0) is 59.6 Å². The number of hydrogen-bond donors (Lipinski definition) is 1. The maximum Gasteiger partial charge on any atom is 0.410 e. The molecule has 2 aliphatic rings. The third kappa shape index (κ3) is 3.95. The summed E-state index contributed by atoms with van der Waals surface area (Å²) in [7, 11) is 2.00. The summed E-state index contributed by atoms with van der Waals surface area (Å²) in [5, 5.41) is 3.59. The fraction of sp³-hybridized carbons (Fsp3) is 0.591. The van der Waals surface area contributed by atoms with Gasteiger partial charge in [-0.2, -0.15) is 0 Å². The maximum absolute atomic E-state index is 12.5. The number of anilines is 1. The Morgan fingerprint density at radius 2 is 1.97 bits per heavy atom. The monoisotopic (exact) mass is 397 g/mol. The molecular formula is C22H31N5O2. The van der Waals surface area contributed by atoms with Crippen molar-refractivity contribution in [1.82, 2.24) is 19.4 Å². The molecule has 7 heteroatoms. The molecule has 7 nitrogen and oxygen atoms in total. The largest absolute Gasteiger partial charge is 0.444 e. The number of hydrogen-bond acceptors (Lipinski definition) is 5. The lowest BCUT2D eigenvalue weighted by Crippen LogP contribution is -2.36. The number of rotatable bonds is 3. The standard InChI is InChI=1S/C22H31N5O2/c1-14-16(17-11-26(6)15(2)24-17)7-8-19(23-14)25-18-12-27(13-22(18)9-10-22)20(28)29-21(3,4)5/h7-8,11,18H,9-10,12-13H2,1-6H3,(H,23,25)/t18-/m1/s1. The van der Waals surface area contributed by atoms with E-state index in [0.717, 1.165) is 48.0 Å². The van der Waals surface area contributed by atoms with Crippen LogP contribution in [0, 0.1) is 19.3 Å². The Morgan fingerprint density at radius 1 is 1.24 bits per heavy atom. The van der Waals surface area contributed by atoms with E-state index in [-0.39, 0.29) is 17.6 Å². The van der Waals surface area contributed by atoms with Gasteiger partial charge in [-0.3, -0.25) is 0 Å². The average molecular weight is 398 g/mol. The lowest BCUT2D eigenvalue weighted by molar-refractivity contribution is 0.0285. The molecule has 1 N–H and O–H groups in total. The van der Waals surface area contributed by atoms with Crippen molar-refractivity contribution >= 4 is 11.9 Å². The molecule has 2 aromatic heterocycles. The molecule has 2 aromatic rings. The summed E-state index contributed by atoms with van der Waals surface area (Å²) < 4.78 is 7.59. The molecule has 0 unspecified atom stereocenters. The summed E-state index contributed by atoms with van der Waals surface area (Å²) in [5.74, 6) is 1.83. The Morgan fingerprint density at radius 3 is 2.52 bits per heavy atom. The van der Waals surface area contributed by atoms with Crippen LogP contribution in [0.15, 0.2) is 18.3 Å². The van der Waals surface area contributed by atoms with E-state index in [1.807, 2.05) is 63.4 Å². The number of nitrogens with zero attached hydrogens (tertiary/aromatic N) is 4. The number of amides is 1. The van der Waals surface area contributed by atoms with Gasteiger partial charge in [0.05, 0.1) is 11.7 Å². The Kier molecular flexibility index (Phi) is 4.59. The highest BCUT2D eigenvalue weighted by Gasteiger charge is 2.56. The van der Waals surface area contributed by atoms with Crippen LogP contribution in [0.2, 0.25) is 0 Å². The van der Waals surface area contributed by atoms with Crippen molar-refractivity contribution in [3.05, 3.63) is 29.8 Å². The second-order valence-corrected chi connectivity index (χ2v) is 9.53. The minimum Gasteiger partial charge on any atom is -0.444 e. The van der Waals surface area contributed by atoms with Gasteiger partial charge < -0.3 is 19.5 Å². The summed E-state index contributed by atoms with van der Waals surface area (Å²) in [6.45, 7) is 11.1. The highest BCUT2D eigenvalue weighted by molar-refractivity contribution is 5.69. The van der Waals surface area contributed by atoms with Gasteiger partial charge in [-0.15, -0.1) is 0 Å². The molecule has 1 spiro atoms. The van der Waals surface area contributed by atoms with E-state index in [2.05, 4.69) is 16.4 Å². The van der Waals surface area contributed by atoms with Crippen LogP contribution >= 0.6 is 0 Å². The minimum absolute atomic E-state index is 0.156. The number of carbonyl (C=O) groups excluding carboxylic acids is 1. The molecule has 1 aliphatic heterocycles. The third-order valence-corrected chi connectivity index (χ3v) is 5.98. The number of aryl methyl sites for hydroxylation is 3. The number of aromatic nitrogens is 3. The molecule has 1 amide bonds. The van der Waals surface area contributed by atoms with Gasteiger partial charge in [-0.1, -0.05) is 0 Å². The molecule has 29 heavy (non-hydrogen) atoms. The van der Waals surface area contributed by atoms with Crippen molar-refractivity contribution in [3.63, 3.8) is 0 Å². The summed E-state index contributed by atoms with van der Waals surface area (Å²) in [5.41, 5.74) is 2.61. The highest BCUT2D eigenvalue weighted by atomic mass is 16.6. The third-order valence-electron chi connectivity index (χ3n) is 5.98. The molecule has 1 saturated heterocycles. The van der Waals surface area contributed by atoms with Crippen molar-refractivity contribution < 1.29 is 9.53 Å². The summed E-state index contributed by atoms with van der Waals surface area (Å²) in [6, 6.07) is 4.29. The summed E-state index contributed by atoms with van der Waals surface area (Å²) >= 11 is 0. The maximum atomic E-state index is 12.5. The molecule has 3 heterocycles. The van der Waals surface area contributed by atoms with Crippen molar-refractivity contribution in [2.75, 3.05) is 18.4 Å². The molecule has 4 rings (SSSR count). The lowest BCUT2D eigenvalue weighted by Gasteiger charge is -2.24. The SMILES string of the molecule is Cc1nc(N[C@@H]2CN(C(=O)OC(C)(C)C)CC23CC3)ccc1-c1cn(C)c(C)n1. The summed E-state index contributed by atoms with van der Waals surface area (Å²) in [6.07, 6.45) is 4.07. The number of ether oxygens (including phenoxy) is 1. The minimum atomic E-state index is -0.475. The number of imidazole rings is 1. The molecule has 1 aliphatic carbocycles. The fourth-order valence-corrected chi connectivity index (χ4v) is 4.08. The first-order valence-electron chi connectivity index (χ1n) is 10.3. The molecule has 1 atom stereocenters. The van der Waals surface area contributed by atoms with Gasteiger partial charge in [-0.25, -0.2) is 14.8 Å². The van der Waals surface area contributed by atoms with E-state index >= 15 is 0 Å². The molecule has 0 bridgehead atoms. The van der Waals surface area contributed by atoms with Gasteiger partial charge in [0, 0.05) is 43.0 Å². The number of likely N-dealkylation sites (tertiary alicyclic amines) is 1. The first-order chi connectivity index (χ1) is 13.6. The zero-order valence-corrected chi connectivity index (χ0v) is 18.2. The van der Waals surface area contributed by atoms with Crippen molar-refractivity contribution in [1.29, 1.82) is 0 Å². The molecule has 1 saturated carbocycles. The number of carbonyl (C=O) groups is 1. The molecule has 156 valence electrons. The topological polar surface area (TPSA) is 72.3 Å². The van der Waals surface area contributed by atoms with Crippen molar-refractivity contribution in [2.45, 2.75) is 59.1 Å². The fourth-order valence-electron chi connectivity index (χ4n) is 4.08. The number of nitrogens with one attached hydrogen (secondary N) is 1. The van der Waals surface area contributed by atoms with Crippen LogP contribution in [-0.4, -0.2) is 50.3 Å². The van der Waals surface area contributed by atoms with Crippen LogP contribution in [0.1, 0.15) is 45.1 Å². The second-order valence-electron chi connectivity index (χ2n) is 9.53. The van der Waals surface area contributed by atoms with Crippen LogP contribution in [0.4, 0.5) is 10.6 Å². The van der Waals surface area contributed by atoms with E-state index in [9.17, 15) is 4.79 Å². The molecular weight excluding hydrogens is 366 g/mol. The normalized spacial score (nSPS) is 20.2. The molecule has 0 radical (unpaired) electrons. The van der Waals surface area contributed by atoms with E-state index in [1.165, 1.54) is 0 Å². The van der Waals surface area contributed by atoms with Gasteiger partial charge in [0.15, 0.2) is 0 Å². The molecule has 0 aromatic carbocycles. The first kappa shape index (κ1) is 19.7. The first-order valence-corrected chi connectivity index (χ1v) is 10.3. The van der Waals surface area contributed by atoms with E-state index in [0.29, 0.717) is 6.54 Å². The zero-order valence-electron chi connectivity index (χ0n) is 18.2. The van der Waals surface area contributed by atoms with Crippen molar-refractivity contribution in [2.24, 2.45) is 12.5 Å². The quantitative estimate of drug-likeness (QED) is 0.850. The second kappa shape index (κ2) is 6.75. The Hall–Kier alpha value is -2.57. The van der Waals surface area contributed by atoms with Gasteiger partial charge in [0.1, 0.15) is 17.2 Å². The van der Waals surface area contributed by atoms with E-state index in [4.69, 9.17) is 9.72 Å².